The Morgan fingerprint density at radius 2 is 2.25 bits per heavy atom. The van der Waals surface area contributed by atoms with Gasteiger partial charge >= 0.3 is 0 Å². The fraction of sp³-hybridized carbons (Fsp3) is 0.125. The highest BCUT2D eigenvalue weighted by molar-refractivity contribution is 6.34. The number of hydrogen-bond acceptors (Lipinski definition) is 1. The number of alkyl halides is 1. The Bertz CT molecular complexity index is 408. The monoisotopic (exact) mass is 200 g/mol. The Labute approximate surface area is 79.5 Å². The van der Waals surface area contributed by atoms with Crippen LogP contribution in [0.4, 0.5) is 0 Å². The highest BCUT2D eigenvalue weighted by atomic mass is 35.5. The van der Waals surface area contributed by atoms with Gasteiger partial charge in [0, 0.05) is 0 Å². The summed E-state index contributed by atoms with van der Waals surface area (Å²) < 4.78 is 0. The molecule has 0 radical (unpaired) electrons. The first-order valence-corrected chi connectivity index (χ1v) is 4.41. The van der Waals surface area contributed by atoms with Gasteiger partial charge in [-0.3, -0.25) is 0 Å². The Hall–Kier alpha value is -0.730. The summed E-state index contributed by atoms with van der Waals surface area (Å²) in [5.41, 5.74) is 1.72. The number of imidazole rings is 1. The third kappa shape index (κ3) is 1.17. The molecule has 1 heterocycles. The first kappa shape index (κ1) is 7.90. The SMILES string of the molecule is ClCc1nc2c(Cl)cccc2[nH]1. The van der Waals surface area contributed by atoms with Crippen molar-refractivity contribution in [3.05, 3.63) is 29.0 Å². The maximum atomic E-state index is 5.90. The van der Waals surface area contributed by atoms with Gasteiger partial charge in [-0.05, 0) is 12.1 Å². The van der Waals surface area contributed by atoms with Crippen molar-refractivity contribution in [1.29, 1.82) is 0 Å². The number of H-pyrrole nitrogens is 1. The second kappa shape index (κ2) is 2.96. The van der Waals surface area contributed by atoms with Gasteiger partial charge < -0.3 is 4.98 Å². The second-order valence-corrected chi connectivity index (χ2v) is 3.13. The van der Waals surface area contributed by atoms with Crippen LogP contribution in [0.2, 0.25) is 5.02 Å². The van der Waals surface area contributed by atoms with Crippen LogP contribution in [0.1, 0.15) is 5.82 Å². The number of aromatic nitrogens is 2. The van der Waals surface area contributed by atoms with E-state index in [4.69, 9.17) is 23.2 Å². The first-order chi connectivity index (χ1) is 5.81. The molecule has 0 amide bonds. The van der Waals surface area contributed by atoms with Gasteiger partial charge in [0.15, 0.2) is 0 Å². The number of fused-ring (bicyclic) bond motifs is 1. The molecule has 0 fully saturated rings. The van der Waals surface area contributed by atoms with Crippen molar-refractivity contribution in [3.63, 3.8) is 0 Å². The molecule has 0 aliphatic heterocycles. The summed E-state index contributed by atoms with van der Waals surface area (Å²) in [5, 5.41) is 0.653. The lowest BCUT2D eigenvalue weighted by Crippen LogP contribution is -1.77. The van der Waals surface area contributed by atoms with Crippen LogP contribution in [-0.2, 0) is 5.88 Å². The quantitative estimate of drug-likeness (QED) is 0.706. The number of benzene rings is 1. The van der Waals surface area contributed by atoms with Gasteiger partial charge in [0.1, 0.15) is 11.3 Å². The summed E-state index contributed by atoms with van der Waals surface area (Å²) in [5.74, 6) is 1.13. The molecule has 4 heteroatoms. The maximum absolute atomic E-state index is 5.90. The van der Waals surface area contributed by atoms with E-state index in [1.165, 1.54) is 0 Å². The zero-order chi connectivity index (χ0) is 8.55. The van der Waals surface area contributed by atoms with E-state index in [1.807, 2.05) is 18.2 Å². The van der Waals surface area contributed by atoms with E-state index in [0.29, 0.717) is 10.9 Å². The Morgan fingerprint density at radius 3 is 2.92 bits per heavy atom. The molecule has 0 saturated carbocycles. The molecule has 1 N–H and O–H groups in total. The number of halogens is 2. The smallest absolute Gasteiger partial charge is 0.122 e. The van der Waals surface area contributed by atoms with Crippen LogP contribution in [0.5, 0.6) is 0 Å². The van der Waals surface area contributed by atoms with Crippen LogP contribution in [0, 0.1) is 0 Å². The minimum Gasteiger partial charge on any atom is -0.341 e. The molecule has 0 saturated heterocycles. The standard InChI is InChI=1S/C8H6Cl2N2/c9-4-7-11-6-3-1-2-5(10)8(6)12-7/h1-3H,4H2,(H,11,12). The van der Waals surface area contributed by atoms with Crippen LogP contribution in [-0.4, -0.2) is 9.97 Å². The van der Waals surface area contributed by atoms with Crippen LogP contribution >= 0.6 is 23.2 Å². The molecule has 2 rings (SSSR count). The molecule has 62 valence electrons. The fourth-order valence-corrected chi connectivity index (χ4v) is 1.45. The molecular formula is C8H6Cl2N2. The lowest BCUT2D eigenvalue weighted by molar-refractivity contribution is 1.13. The van der Waals surface area contributed by atoms with Crippen LogP contribution in [0.3, 0.4) is 0 Å². The molecule has 2 aromatic rings. The molecular weight excluding hydrogens is 195 g/mol. The zero-order valence-corrected chi connectivity index (χ0v) is 7.65. The average molecular weight is 201 g/mol. The predicted molar refractivity (Wildman–Crippen MR) is 50.7 cm³/mol. The zero-order valence-electron chi connectivity index (χ0n) is 6.14. The van der Waals surface area contributed by atoms with Gasteiger partial charge in [0.25, 0.3) is 0 Å². The number of nitrogens with zero attached hydrogens (tertiary/aromatic N) is 1. The van der Waals surface area contributed by atoms with Crippen LogP contribution < -0.4 is 0 Å². The molecule has 0 bridgehead atoms. The summed E-state index contributed by atoms with van der Waals surface area (Å²) in [6.07, 6.45) is 0. The summed E-state index contributed by atoms with van der Waals surface area (Å²) in [6.45, 7) is 0. The molecule has 12 heavy (non-hydrogen) atoms. The summed E-state index contributed by atoms with van der Waals surface area (Å²) >= 11 is 11.5. The minimum absolute atomic E-state index is 0.380. The molecule has 1 aromatic carbocycles. The Balaban J connectivity index is 2.74. The van der Waals surface area contributed by atoms with Crippen molar-refractivity contribution in [1.82, 2.24) is 9.97 Å². The molecule has 2 nitrogen and oxygen atoms in total. The summed E-state index contributed by atoms with van der Waals surface area (Å²) in [4.78, 5) is 7.27. The Kier molecular flexibility index (Phi) is 1.95. The van der Waals surface area contributed by atoms with E-state index < -0.39 is 0 Å². The minimum atomic E-state index is 0.380. The van der Waals surface area contributed by atoms with Crippen LogP contribution in [0.25, 0.3) is 11.0 Å². The largest absolute Gasteiger partial charge is 0.341 e. The predicted octanol–water partition coefficient (Wildman–Crippen LogP) is 2.96. The summed E-state index contributed by atoms with van der Waals surface area (Å²) in [7, 11) is 0. The van der Waals surface area contributed by atoms with E-state index in [2.05, 4.69) is 9.97 Å². The van der Waals surface area contributed by atoms with Crippen molar-refractivity contribution in [2.75, 3.05) is 0 Å². The van der Waals surface area contributed by atoms with Crippen LogP contribution in [0.15, 0.2) is 18.2 Å². The highest BCUT2D eigenvalue weighted by Crippen LogP contribution is 2.21. The Morgan fingerprint density at radius 1 is 1.42 bits per heavy atom. The van der Waals surface area contributed by atoms with Crippen molar-refractivity contribution >= 4 is 34.2 Å². The highest BCUT2D eigenvalue weighted by Gasteiger charge is 2.03. The molecule has 0 aliphatic carbocycles. The van der Waals surface area contributed by atoms with Gasteiger partial charge in [-0.15, -0.1) is 11.6 Å². The van der Waals surface area contributed by atoms with Gasteiger partial charge in [0.2, 0.25) is 0 Å². The lowest BCUT2D eigenvalue weighted by Gasteiger charge is -1.88. The van der Waals surface area contributed by atoms with Crippen molar-refractivity contribution in [2.45, 2.75) is 5.88 Å². The molecule has 0 aliphatic rings. The molecule has 0 unspecified atom stereocenters. The third-order valence-corrected chi connectivity index (χ3v) is 2.20. The van der Waals surface area contributed by atoms with Gasteiger partial charge in [0.05, 0.1) is 16.4 Å². The number of rotatable bonds is 1. The van der Waals surface area contributed by atoms with Gasteiger partial charge in [-0.2, -0.15) is 0 Å². The molecule has 1 aromatic heterocycles. The lowest BCUT2D eigenvalue weighted by atomic mass is 10.3. The molecule has 0 atom stereocenters. The summed E-state index contributed by atoms with van der Waals surface area (Å²) in [6, 6.07) is 5.61. The average Bonchev–Trinajstić information content (AvgIpc) is 2.49. The maximum Gasteiger partial charge on any atom is 0.122 e. The van der Waals surface area contributed by atoms with E-state index in [9.17, 15) is 0 Å². The number of nitrogens with one attached hydrogen (secondary N) is 1. The van der Waals surface area contributed by atoms with Crippen molar-refractivity contribution < 1.29 is 0 Å². The number of para-hydroxylation sites is 1. The van der Waals surface area contributed by atoms with Crippen molar-refractivity contribution in [3.8, 4) is 0 Å². The third-order valence-electron chi connectivity index (χ3n) is 1.64. The second-order valence-electron chi connectivity index (χ2n) is 2.45. The van der Waals surface area contributed by atoms with E-state index in [1.54, 1.807) is 0 Å². The normalized spacial score (nSPS) is 10.8. The first-order valence-electron chi connectivity index (χ1n) is 3.50. The van der Waals surface area contributed by atoms with E-state index >= 15 is 0 Å². The van der Waals surface area contributed by atoms with Crippen molar-refractivity contribution in [2.24, 2.45) is 0 Å². The van der Waals surface area contributed by atoms with E-state index in [-0.39, 0.29) is 0 Å². The fourth-order valence-electron chi connectivity index (χ4n) is 1.11. The van der Waals surface area contributed by atoms with Gasteiger partial charge in [-0.1, -0.05) is 17.7 Å². The number of aromatic amines is 1. The van der Waals surface area contributed by atoms with Gasteiger partial charge in [-0.25, -0.2) is 4.98 Å². The number of hydrogen-bond donors (Lipinski definition) is 1. The molecule has 0 spiro atoms. The topological polar surface area (TPSA) is 28.7 Å². The van der Waals surface area contributed by atoms with E-state index in [0.717, 1.165) is 16.9 Å².